The van der Waals surface area contributed by atoms with Crippen molar-refractivity contribution in [1.82, 2.24) is 0 Å². The molecule has 0 spiro atoms. The summed E-state index contributed by atoms with van der Waals surface area (Å²) < 4.78 is 0. The Morgan fingerprint density at radius 1 is 1.64 bits per heavy atom. The molecule has 11 heavy (non-hydrogen) atoms. The fraction of sp³-hybridized carbons (Fsp3) is 0.333. The van der Waals surface area contributed by atoms with Crippen LogP contribution in [-0.2, 0) is 0 Å². The van der Waals surface area contributed by atoms with E-state index in [-0.39, 0.29) is 6.04 Å². The van der Waals surface area contributed by atoms with Gasteiger partial charge in [0.15, 0.2) is 0 Å². The van der Waals surface area contributed by atoms with E-state index in [1.54, 1.807) is 17.4 Å². The van der Waals surface area contributed by atoms with Crippen molar-refractivity contribution in [2.24, 2.45) is 5.73 Å². The van der Waals surface area contributed by atoms with Gasteiger partial charge in [0.05, 0.1) is 6.04 Å². The molecule has 0 amide bonds. The lowest BCUT2D eigenvalue weighted by Crippen LogP contribution is -2.03. The predicted octanol–water partition coefficient (Wildman–Crippen LogP) is 2.55. The summed E-state index contributed by atoms with van der Waals surface area (Å²) in [7, 11) is 0. The van der Waals surface area contributed by atoms with Crippen molar-refractivity contribution in [3.05, 3.63) is 34.0 Å². The van der Waals surface area contributed by atoms with Gasteiger partial charge in [-0.25, -0.2) is 0 Å². The molecule has 2 heteroatoms. The molecular weight excluding hydrogens is 154 g/mol. The van der Waals surface area contributed by atoms with Gasteiger partial charge in [-0.05, 0) is 25.5 Å². The Balaban J connectivity index is 2.96. The van der Waals surface area contributed by atoms with E-state index >= 15 is 0 Å². The Hall–Kier alpha value is -0.600. The van der Waals surface area contributed by atoms with Crippen LogP contribution in [0, 0.1) is 13.8 Å². The second kappa shape index (κ2) is 3.20. The van der Waals surface area contributed by atoms with Gasteiger partial charge in [-0.15, -0.1) is 17.9 Å². The molecule has 1 aromatic rings. The summed E-state index contributed by atoms with van der Waals surface area (Å²) in [5.41, 5.74) is 7.09. The molecule has 60 valence electrons. The molecular formula is C9H13NS. The number of thiophene rings is 1. The highest BCUT2D eigenvalue weighted by molar-refractivity contribution is 7.12. The van der Waals surface area contributed by atoms with Gasteiger partial charge in [0.2, 0.25) is 0 Å². The van der Waals surface area contributed by atoms with Gasteiger partial charge < -0.3 is 5.73 Å². The van der Waals surface area contributed by atoms with Gasteiger partial charge in [0, 0.05) is 9.75 Å². The average molecular weight is 167 g/mol. The zero-order valence-corrected chi connectivity index (χ0v) is 7.74. The van der Waals surface area contributed by atoms with Crippen LogP contribution in [-0.4, -0.2) is 0 Å². The first-order valence-electron chi connectivity index (χ1n) is 3.60. The second-order valence-corrected chi connectivity index (χ2v) is 3.94. The monoisotopic (exact) mass is 167 g/mol. The fourth-order valence-corrected chi connectivity index (χ4v) is 1.92. The van der Waals surface area contributed by atoms with E-state index in [9.17, 15) is 0 Å². The van der Waals surface area contributed by atoms with Crippen molar-refractivity contribution in [1.29, 1.82) is 0 Å². The first kappa shape index (κ1) is 8.50. The van der Waals surface area contributed by atoms with Crippen molar-refractivity contribution in [2.45, 2.75) is 19.9 Å². The SMILES string of the molecule is C=CC(N)c1cc(C)c(C)s1. The predicted molar refractivity (Wildman–Crippen MR) is 50.9 cm³/mol. The molecule has 0 fully saturated rings. The summed E-state index contributed by atoms with van der Waals surface area (Å²) in [5, 5.41) is 0. The van der Waals surface area contributed by atoms with E-state index in [0.29, 0.717) is 0 Å². The van der Waals surface area contributed by atoms with Crippen molar-refractivity contribution in [3.8, 4) is 0 Å². The lowest BCUT2D eigenvalue weighted by atomic mass is 10.2. The molecule has 1 nitrogen and oxygen atoms in total. The zero-order chi connectivity index (χ0) is 8.43. The van der Waals surface area contributed by atoms with E-state index in [2.05, 4.69) is 26.5 Å². The van der Waals surface area contributed by atoms with Crippen LogP contribution < -0.4 is 5.73 Å². The van der Waals surface area contributed by atoms with Crippen LogP contribution in [0.1, 0.15) is 21.4 Å². The van der Waals surface area contributed by atoms with Crippen molar-refractivity contribution >= 4 is 11.3 Å². The maximum Gasteiger partial charge on any atom is 0.0573 e. The summed E-state index contributed by atoms with van der Waals surface area (Å²) >= 11 is 1.75. The minimum atomic E-state index is 0.00685. The first-order chi connectivity index (χ1) is 5.15. The van der Waals surface area contributed by atoms with Crippen molar-refractivity contribution in [3.63, 3.8) is 0 Å². The topological polar surface area (TPSA) is 26.0 Å². The van der Waals surface area contributed by atoms with Crippen LogP contribution in [0.3, 0.4) is 0 Å². The summed E-state index contributed by atoms with van der Waals surface area (Å²) in [4.78, 5) is 2.55. The Morgan fingerprint density at radius 2 is 2.27 bits per heavy atom. The van der Waals surface area contributed by atoms with Crippen LogP contribution in [0.15, 0.2) is 18.7 Å². The van der Waals surface area contributed by atoms with Gasteiger partial charge in [-0.2, -0.15) is 0 Å². The molecule has 1 unspecified atom stereocenters. The Morgan fingerprint density at radius 3 is 2.64 bits per heavy atom. The zero-order valence-electron chi connectivity index (χ0n) is 6.92. The highest BCUT2D eigenvalue weighted by atomic mass is 32.1. The molecule has 0 aromatic carbocycles. The van der Waals surface area contributed by atoms with Crippen LogP contribution in [0.25, 0.3) is 0 Å². The average Bonchev–Trinajstić information content (AvgIpc) is 2.31. The Bertz CT molecular complexity index is 243. The minimum absolute atomic E-state index is 0.00685. The van der Waals surface area contributed by atoms with E-state index in [1.165, 1.54) is 15.3 Å². The van der Waals surface area contributed by atoms with Gasteiger partial charge in [-0.3, -0.25) is 0 Å². The van der Waals surface area contributed by atoms with Crippen LogP contribution in [0.5, 0.6) is 0 Å². The second-order valence-electron chi connectivity index (χ2n) is 2.65. The maximum atomic E-state index is 5.77. The molecule has 0 saturated heterocycles. The number of nitrogens with two attached hydrogens (primary N) is 1. The van der Waals surface area contributed by atoms with Gasteiger partial charge >= 0.3 is 0 Å². The molecule has 0 aliphatic rings. The van der Waals surface area contributed by atoms with Crippen LogP contribution >= 0.6 is 11.3 Å². The fourth-order valence-electron chi connectivity index (χ4n) is 0.882. The standard InChI is InChI=1S/C9H13NS/c1-4-8(10)9-5-6(2)7(3)11-9/h4-5,8H,1,10H2,2-3H3. The van der Waals surface area contributed by atoms with E-state index in [0.717, 1.165) is 0 Å². The quantitative estimate of drug-likeness (QED) is 0.673. The minimum Gasteiger partial charge on any atom is -0.320 e. The number of aryl methyl sites for hydroxylation is 2. The smallest absolute Gasteiger partial charge is 0.0573 e. The highest BCUT2D eigenvalue weighted by Gasteiger charge is 2.05. The van der Waals surface area contributed by atoms with E-state index in [1.807, 2.05) is 0 Å². The van der Waals surface area contributed by atoms with Gasteiger partial charge in [-0.1, -0.05) is 6.08 Å². The number of rotatable bonds is 2. The Kier molecular flexibility index (Phi) is 2.47. The normalized spacial score (nSPS) is 13.0. The molecule has 1 atom stereocenters. The lowest BCUT2D eigenvalue weighted by Gasteiger charge is -1.99. The van der Waals surface area contributed by atoms with Crippen LogP contribution in [0.4, 0.5) is 0 Å². The summed E-state index contributed by atoms with van der Waals surface area (Å²) in [6, 6.07) is 2.14. The molecule has 1 heterocycles. The third-order valence-corrected chi connectivity index (χ3v) is 3.02. The maximum absolute atomic E-state index is 5.77. The van der Waals surface area contributed by atoms with E-state index < -0.39 is 0 Å². The molecule has 0 saturated carbocycles. The summed E-state index contributed by atoms with van der Waals surface area (Å²) in [6.45, 7) is 7.87. The Labute approximate surface area is 71.5 Å². The molecule has 0 aliphatic heterocycles. The highest BCUT2D eigenvalue weighted by Crippen LogP contribution is 2.25. The molecule has 2 N–H and O–H groups in total. The molecule has 0 aliphatic carbocycles. The number of hydrogen-bond donors (Lipinski definition) is 1. The number of hydrogen-bond acceptors (Lipinski definition) is 2. The summed E-state index contributed by atoms with van der Waals surface area (Å²) in [6.07, 6.45) is 1.77. The van der Waals surface area contributed by atoms with Gasteiger partial charge in [0.25, 0.3) is 0 Å². The lowest BCUT2D eigenvalue weighted by molar-refractivity contribution is 0.939. The first-order valence-corrected chi connectivity index (χ1v) is 4.42. The molecule has 0 radical (unpaired) electrons. The molecule has 1 rings (SSSR count). The van der Waals surface area contributed by atoms with E-state index in [4.69, 9.17) is 5.73 Å². The third kappa shape index (κ3) is 1.70. The van der Waals surface area contributed by atoms with Gasteiger partial charge in [0.1, 0.15) is 0 Å². The molecule has 1 aromatic heterocycles. The van der Waals surface area contributed by atoms with Crippen molar-refractivity contribution < 1.29 is 0 Å². The third-order valence-electron chi connectivity index (χ3n) is 1.77. The largest absolute Gasteiger partial charge is 0.320 e. The van der Waals surface area contributed by atoms with Crippen LogP contribution in [0.2, 0.25) is 0 Å². The van der Waals surface area contributed by atoms with Crippen molar-refractivity contribution in [2.75, 3.05) is 0 Å². The summed E-state index contributed by atoms with van der Waals surface area (Å²) in [5.74, 6) is 0. The molecule has 0 bridgehead atoms.